The average molecular weight is 240 g/mol. The molecule has 0 atom stereocenters. The lowest BCUT2D eigenvalue weighted by Crippen LogP contribution is -2.40. The quantitative estimate of drug-likeness (QED) is 0.711. The minimum absolute atomic E-state index is 0.353. The van der Waals surface area contributed by atoms with Crippen molar-refractivity contribution in [3.05, 3.63) is 0 Å². The highest BCUT2D eigenvalue weighted by Gasteiger charge is 2.21. The molecule has 1 fully saturated rings. The summed E-state index contributed by atoms with van der Waals surface area (Å²) < 4.78 is 0. The average Bonchev–Trinajstić information content (AvgIpc) is 2.39. The highest BCUT2D eigenvalue weighted by Crippen LogP contribution is 2.20. The number of nitrogens with zero attached hydrogens (tertiary/aromatic N) is 2. The molecule has 0 aromatic carbocycles. The van der Waals surface area contributed by atoms with Crippen LogP contribution in [0.2, 0.25) is 0 Å². The molecule has 0 aromatic heterocycles. The summed E-state index contributed by atoms with van der Waals surface area (Å²) in [6.07, 6.45) is 4.36. The second-order valence-electron chi connectivity index (χ2n) is 5.01. The van der Waals surface area contributed by atoms with Gasteiger partial charge in [-0.1, -0.05) is 27.2 Å². The van der Waals surface area contributed by atoms with Gasteiger partial charge >= 0.3 is 0 Å². The van der Waals surface area contributed by atoms with Crippen LogP contribution in [0.5, 0.6) is 0 Å². The van der Waals surface area contributed by atoms with Crippen LogP contribution in [0.1, 0.15) is 46.5 Å². The Bertz CT molecular complexity index is 218. The van der Waals surface area contributed by atoms with E-state index >= 15 is 0 Å². The van der Waals surface area contributed by atoms with Crippen LogP contribution in [0.25, 0.3) is 0 Å². The molecule has 3 heteroatoms. The first-order valence-electron chi connectivity index (χ1n) is 7.21. The molecule has 0 aromatic rings. The molecular formula is C14H28N2O. The summed E-state index contributed by atoms with van der Waals surface area (Å²) in [4.78, 5) is 16.4. The smallest absolute Gasteiger partial charge is 0.223 e. The van der Waals surface area contributed by atoms with Crippen LogP contribution in [0, 0.1) is 5.92 Å². The van der Waals surface area contributed by atoms with E-state index in [1.807, 2.05) is 0 Å². The lowest BCUT2D eigenvalue weighted by molar-refractivity contribution is -0.132. The molecular weight excluding hydrogens is 212 g/mol. The summed E-state index contributed by atoms with van der Waals surface area (Å²) >= 11 is 0. The summed E-state index contributed by atoms with van der Waals surface area (Å²) in [6.45, 7) is 11.5. The van der Waals surface area contributed by atoms with E-state index in [1.165, 1.54) is 19.3 Å². The van der Waals surface area contributed by atoms with Gasteiger partial charge in [0.2, 0.25) is 5.91 Å². The molecule has 17 heavy (non-hydrogen) atoms. The van der Waals surface area contributed by atoms with Crippen LogP contribution < -0.4 is 0 Å². The Hall–Kier alpha value is -0.570. The molecule has 0 bridgehead atoms. The zero-order chi connectivity index (χ0) is 12.7. The molecule has 0 spiro atoms. The van der Waals surface area contributed by atoms with Crippen molar-refractivity contribution < 1.29 is 4.79 Å². The number of piperidine rings is 1. The second-order valence-corrected chi connectivity index (χ2v) is 5.01. The monoisotopic (exact) mass is 240 g/mol. The first-order chi connectivity index (χ1) is 8.21. The Morgan fingerprint density at radius 1 is 1.18 bits per heavy atom. The number of amides is 1. The highest BCUT2D eigenvalue weighted by molar-refractivity contribution is 5.76. The fourth-order valence-corrected chi connectivity index (χ4v) is 2.54. The predicted octanol–water partition coefficient (Wildman–Crippen LogP) is 2.37. The maximum atomic E-state index is 12.0. The Balaban J connectivity index is 2.24. The lowest BCUT2D eigenvalue weighted by atomic mass is 9.94. The molecule has 0 unspecified atom stereocenters. The molecule has 1 rings (SSSR count). The van der Waals surface area contributed by atoms with E-state index in [0.717, 1.165) is 38.6 Å². The van der Waals surface area contributed by atoms with E-state index in [-0.39, 0.29) is 0 Å². The number of hydrogen-bond acceptors (Lipinski definition) is 2. The lowest BCUT2D eigenvalue weighted by Gasteiger charge is -2.32. The van der Waals surface area contributed by atoms with E-state index in [4.69, 9.17) is 0 Å². The van der Waals surface area contributed by atoms with Crippen molar-refractivity contribution >= 4 is 5.91 Å². The predicted molar refractivity (Wildman–Crippen MR) is 72.0 cm³/mol. The van der Waals surface area contributed by atoms with Gasteiger partial charge in [0.15, 0.2) is 0 Å². The third-order valence-electron chi connectivity index (χ3n) is 4.08. The molecule has 0 saturated carbocycles. The number of likely N-dealkylation sites (tertiary alicyclic amines) is 1. The van der Waals surface area contributed by atoms with E-state index in [2.05, 4.69) is 30.6 Å². The summed E-state index contributed by atoms with van der Waals surface area (Å²) in [5.74, 6) is 1.20. The Morgan fingerprint density at radius 3 is 2.24 bits per heavy atom. The van der Waals surface area contributed by atoms with Crippen molar-refractivity contribution in [3.8, 4) is 0 Å². The molecule has 0 N–H and O–H groups in total. The Kier molecular flexibility index (Phi) is 6.56. The molecule has 100 valence electrons. The highest BCUT2D eigenvalue weighted by atomic mass is 16.2. The van der Waals surface area contributed by atoms with E-state index in [1.54, 1.807) is 0 Å². The number of carbonyl (C=O) groups excluding carboxylic acids is 1. The fraction of sp³-hybridized carbons (Fsp3) is 0.929. The second kappa shape index (κ2) is 7.70. The molecule has 0 aliphatic carbocycles. The molecule has 1 aliphatic rings. The van der Waals surface area contributed by atoms with Gasteiger partial charge in [-0.2, -0.15) is 0 Å². The van der Waals surface area contributed by atoms with Gasteiger partial charge in [0, 0.05) is 26.1 Å². The van der Waals surface area contributed by atoms with Crippen molar-refractivity contribution in [1.82, 2.24) is 9.80 Å². The maximum absolute atomic E-state index is 12.0. The van der Waals surface area contributed by atoms with Crippen molar-refractivity contribution in [2.24, 2.45) is 5.92 Å². The minimum atomic E-state index is 0.353. The van der Waals surface area contributed by atoms with E-state index in [0.29, 0.717) is 12.3 Å². The molecule has 1 saturated heterocycles. The van der Waals surface area contributed by atoms with Gasteiger partial charge in [-0.25, -0.2) is 0 Å². The number of hydrogen-bond donors (Lipinski definition) is 0. The summed E-state index contributed by atoms with van der Waals surface area (Å²) in [6, 6.07) is 0. The number of carbonyl (C=O) groups is 1. The van der Waals surface area contributed by atoms with Gasteiger partial charge < -0.3 is 9.80 Å². The summed E-state index contributed by atoms with van der Waals surface area (Å²) in [5, 5.41) is 0. The van der Waals surface area contributed by atoms with Crippen molar-refractivity contribution in [1.29, 1.82) is 0 Å². The van der Waals surface area contributed by atoms with Crippen LogP contribution in [0.3, 0.4) is 0 Å². The molecule has 1 heterocycles. The zero-order valence-corrected chi connectivity index (χ0v) is 11.7. The third kappa shape index (κ3) is 4.66. The van der Waals surface area contributed by atoms with E-state index < -0.39 is 0 Å². The van der Waals surface area contributed by atoms with Gasteiger partial charge in [0.05, 0.1) is 0 Å². The van der Waals surface area contributed by atoms with Gasteiger partial charge in [0.25, 0.3) is 0 Å². The molecule has 1 aliphatic heterocycles. The third-order valence-corrected chi connectivity index (χ3v) is 4.08. The summed E-state index contributed by atoms with van der Waals surface area (Å²) in [7, 11) is 0. The Morgan fingerprint density at radius 2 is 1.76 bits per heavy atom. The minimum Gasteiger partial charge on any atom is -0.343 e. The molecule has 0 radical (unpaired) electrons. The van der Waals surface area contributed by atoms with Gasteiger partial charge in [-0.15, -0.1) is 0 Å². The van der Waals surface area contributed by atoms with Crippen molar-refractivity contribution in [2.75, 3.05) is 32.7 Å². The first-order valence-corrected chi connectivity index (χ1v) is 7.21. The molecule has 1 amide bonds. The van der Waals surface area contributed by atoms with Crippen LogP contribution >= 0.6 is 0 Å². The van der Waals surface area contributed by atoms with Crippen LogP contribution in [0.15, 0.2) is 0 Å². The van der Waals surface area contributed by atoms with E-state index in [9.17, 15) is 4.79 Å². The first kappa shape index (κ1) is 14.5. The van der Waals surface area contributed by atoms with Crippen LogP contribution in [0.4, 0.5) is 0 Å². The van der Waals surface area contributed by atoms with Crippen LogP contribution in [-0.2, 0) is 4.79 Å². The fourth-order valence-electron chi connectivity index (χ4n) is 2.54. The normalized spacial score (nSPS) is 17.8. The van der Waals surface area contributed by atoms with Gasteiger partial charge in [-0.3, -0.25) is 4.79 Å². The van der Waals surface area contributed by atoms with Crippen LogP contribution in [-0.4, -0.2) is 48.4 Å². The number of rotatable bonds is 6. The maximum Gasteiger partial charge on any atom is 0.223 e. The Labute approximate surface area is 106 Å². The topological polar surface area (TPSA) is 23.6 Å². The standard InChI is InChI=1S/C14H28N2O/c1-4-13-7-11-16(12-8-13)14(17)9-10-15(5-2)6-3/h13H,4-12H2,1-3H3. The zero-order valence-electron chi connectivity index (χ0n) is 11.7. The van der Waals surface area contributed by atoms with Crippen molar-refractivity contribution in [2.45, 2.75) is 46.5 Å². The largest absolute Gasteiger partial charge is 0.343 e. The molecule has 3 nitrogen and oxygen atoms in total. The summed E-state index contributed by atoms with van der Waals surface area (Å²) in [5.41, 5.74) is 0. The van der Waals surface area contributed by atoms with Gasteiger partial charge in [0.1, 0.15) is 0 Å². The SMILES string of the molecule is CCC1CCN(C(=O)CCN(CC)CC)CC1. The van der Waals surface area contributed by atoms with Gasteiger partial charge in [-0.05, 0) is 31.8 Å². The van der Waals surface area contributed by atoms with Crippen molar-refractivity contribution in [3.63, 3.8) is 0 Å².